The number of hydrogen-bond acceptors (Lipinski definition) is 3. The first-order valence-electron chi connectivity index (χ1n) is 6.90. The predicted octanol–water partition coefficient (Wildman–Crippen LogP) is 4.77. The van der Waals surface area contributed by atoms with Gasteiger partial charge in [-0.25, -0.2) is 4.39 Å². The molecular weight excluding hydrogens is 419 g/mol. The summed E-state index contributed by atoms with van der Waals surface area (Å²) in [5, 5.41) is 5.40. The third-order valence-electron chi connectivity index (χ3n) is 2.90. The fourth-order valence-corrected chi connectivity index (χ4v) is 2.61. The van der Waals surface area contributed by atoms with Gasteiger partial charge in [0.15, 0.2) is 5.11 Å². The second-order valence-corrected chi connectivity index (χ2v) is 6.34. The molecule has 0 saturated heterocycles. The Bertz CT molecular complexity index is 789. The highest BCUT2D eigenvalue weighted by molar-refractivity contribution is 9.10. The summed E-state index contributed by atoms with van der Waals surface area (Å²) in [6.07, 6.45) is 0. The van der Waals surface area contributed by atoms with Crippen LogP contribution in [0, 0.1) is 5.82 Å². The summed E-state index contributed by atoms with van der Waals surface area (Å²) in [5.41, 5.74) is 0.470. The van der Waals surface area contributed by atoms with Crippen LogP contribution in [0.15, 0.2) is 40.9 Å². The van der Waals surface area contributed by atoms with Crippen LogP contribution in [-0.2, 0) is 0 Å². The van der Waals surface area contributed by atoms with Gasteiger partial charge in [-0.3, -0.25) is 10.1 Å². The molecule has 0 radical (unpaired) electrons. The van der Waals surface area contributed by atoms with E-state index in [-0.39, 0.29) is 10.8 Å². The molecule has 2 aromatic rings. The fraction of sp³-hybridized carbons (Fsp3) is 0.125. The number of anilines is 1. The van der Waals surface area contributed by atoms with Crippen LogP contribution in [0.3, 0.4) is 0 Å². The van der Waals surface area contributed by atoms with Crippen molar-refractivity contribution in [2.24, 2.45) is 0 Å². The smallest absolute Gasteiger partial charge is 0.257 e. The number of carbonyl (C=O) groups excluding carboxylic acids is 1. The van der Waals surface area contributed by atoms with Crippen molar-refractivity contribution in [2.45, 2.75) is 6.92 Å². The molecule has 1 amide bonds. The number of ether oxygens (including phenoxy) is 1. The highest BCUT2D eigenvalue weighted by Crippen LogP contribution is 2.25. The fourth-order valence-electron chi connectivity index (χ4n) is 1.83. The third kappa shape index (κ3) is 4.90. The van der Waals surface area contributed by atoms with E-state index in [1.807, 2.05) is 6.92 Å². The monoisotopic (exact) mass is 430 g/mol. The molecule has 24 heavy (non-hydrogen) atoms. The maximum atomic E-state index is 13.7. The lowest BCUT2D eigenvalue weighted by atomic mass is 10.2. The molecular formula is C16H13BrClFN2O2S. The van der Waals surface area contributed by atoms with Crippen LogP contribution in [-0.4, -0.2) is 17.6 Å². The zero-order chi connectivity index (χ0) is 17.7. The van der Waals surface area contributed by atoms with Gasteiger partial charge in [0.25, 0.3) is 5.91 Å². The quantitative estimate of drug-likeness (QED) is 0.685. The number of rotatable bonds is 4. The number of amides is 1. The molecule has 0 fully saturated rings. The first-order valence-corrected chi connectivity index (χ1v) is 8.48. The van der Waals surface area contributed by atoms with E-state index < -0.39 is 11.7 Å². The van der Waals surface area contributed by atoms with Crippen LogP contribution >= 0.6 is 39.7 Å². The maximum absolute atomic E-state index is 13.7. The van der Waals surface area contributed by atoms with Gasteiger partial charge in [-0.15, -0.1) is 0 Å². The predicted molar refractivity (Wildman–Crippen MR) is 100 cm³/mol. The molecule has 4 nitrogen and oxygen atoms in total. The van der Waals surface area contributed by atoms with Crippen LogP contribution in [0.5, 0.6) is 5.75 Å². The highest BCUT2D eigenvalue weighted by atomic mass is 79.9. The number of hydrogen-bond donors (Lipinski definition) is 2. The molecule has 0 aliphatic carbocycles. The normalized spacial score (nSPS) is 10.2. The van der Waals surface area contributed by atoms with Crippen molar-refractivity contribution in [1.29, 1.82) is 0 Å². The molecule has 0 saturated carbocycles. The van der Waals surface area contributed by atoms with Gasteiger partial charge >= 0.3 is 0 Å². The van der Waals surface area contributed by atoms with Gasteiger partial charge in [0.2, 0.25) is 0 Å². The van der Waals surface area contributed by atoms with E-state index in [1.54, 1.807) is 18.2 Å². The molecule has 0 bridgehead atoms. The standard InChI is InChI=1S/C16H13BrClFN2O2S/c1-2-23-14-6-3-9(7-11(14)18)15(22)21-16(24)20-13-5-4-10(17)8-12(13)19/h3-8H,2H2,1H3,(H2,20,21,22,24). The minimum atomic E-state index is -0.495. The zero-order valence-electron chi connectivity index (χ0n) is 12.5. The Morgan fingerprint density at radius 2 is 2.08 bits per heavy atom. The average molecular weight is 432 g/mol. The van der Waals surface area contributed by atoms with E-state index in [0.29, 0.717) is 27.4 Å². The molecule has 0 atom stereocenters. The first-order chi connectivity index (χ1) is 11.4. The van der Waals surface area contributed by atoms with Gasteiger partial charge in [0.1, 0.15) is 11.6 Å². The minimum Gasteiger partial charge on any atom is -0.492 e. The molecule has 0 aliphatic rings. The Morgan fingerprint density at radius 1 is 1.33 bits per heavy atom. The van der Waals surface area contributed by atoms with E-state index in [4.69, 9.17) is 28.6 Å². The molecule has 0 unspecified atom stereocenters. The average Bonchev–Trinajstić information content (AvgIpc) is 2.52. The SMILES string of the molecule is CCOc1ccc(C(=O)NC(=S)Nc2ccc(Br)cc2F)cc1Cl. The molecule has 126 valence electrons. The number of nitrogens with one attached hydrogen (secondary N) is 2. The molecule has 2 aromatic carbocycles. The lowest BCUT2D eigenvalue weighted by molar-refractivity contribution is 0.0977. The van der Waals surface area contributed by atoms with Gasteiger partial charge in [0, 0.05) is 10.0 Å². The van der Waals surface area contributed by atoms with Crippen molar-refractivity contribution in [3.63, 3.8) is 0 Å². The van der Waals surface area contributed by atoms with Gasteiger partial charge in [-0.05, 0) is 55.5 Å². The Hall–Kier alpha value is -1.70. The van der Waals surface area contributed by atoms with E-state index >= 15 is 0 Å². The van der Waals surface area contributed by atoms with Crippen molar-refractivity contribution in [1.82, 2.24) is 5.32 Å². The van der Waals surface area contributed by atoms with Crippen LogP contribution in [0.4, 0.5) is 10.1 Å². The molecule has 0 aromatic heterocycles. The Kier molecular flexibility index (Phi) is 6.53. The summed E-state index contributed by atoms with van der Waals surface area (Å²) < 4.78 is 19.7. The number of carbonyl (C=O) groups is 1. The molecule has 0 aliphatic heterocycles. The van der Waals surface area contributed by atoms with E-state index in [1.165, 1.54) is 18.2 Å². The number of halogens is 3. The van der Waals surface area contributed by atoms with E-state index in [0.717, 1.165) is 0 Å². The summed E-state index contributed by atoms with van der Waals surface area (Å²) in [7, 11) is 0. The second kappa shape index (κ2) is 8.41. The summed E-state index contributed by atoms with van der Waals surface area (Å²) in [6.45, 7) is 2.31. The maximum Gasteiger partial charge on any atom is 0.257 e. The highest BCUT2D eigenvalue weighted by Gasteiger charge is 2.12. The first kappa shape index (κ1) is 18.6. The van der Waals surface area contributed by atoms with Crippen LogP contribution < -0.4 is 15.4 Å². The summed E-state index contributed by atoms with van der Waals surface area (Å²) in [6, 6.07) is 9.10. The van der Waals surface area contributed by atoms with Crippen molar-refractivity contribution >= 4 is 56.5 Å². The van der Waals surface area contributed by atoms with Crippen molar-refractivity contribution in [3.8, 4) is 5.75 Å². The molecule has 8 heteroatoms. The van der Waals surface area contributed by atoms with Crippen molar-refractivity contribution in [3.05, 3.63) is 57.3 Å². The van der Waals surface area contributed by atoms with Gasteiger partial charge in [-0.1, -0.05) is 27.5 Å². The molecule has 0 heterocycles. The third-order valence-corrected chi connectivity index (χ3v) is 3.89. The Labute approximate surface area is 157 Å². The zero-order valence-corrected chi connectivity index (χ0v) is 15.7. The largest absolute Gasteiger partial charge is 0.492 e. The van der Waals surface area contributed by atoms with E-state index in [9.17, 15) is 9.18 Å². The number of benzene rings is 2. The van der Waals surface area contributed by atoms with Crippen molar-refractivity contribution < 1.29 is 13.9 Å². The van der Waals surface area contributed by atoms with Crippen LogP contribution in [0.25, 0.3) is 0 Å². The van der Waals surface area contributed by atoms with Crippen LogP contribution in [0.2, 0.25) is 5.02 Å². The molecule has 2 N–H and O–H groups in total. The summed E-state index contributed by atoms with van der Waals surface area (Å²) in [4.78, 5) is 12.2. The van der Waals surface area contributed by atoms with Crippen LogP contribution in [0.1, 0.15) is 17.3 Å². The Morgan fingerprint density at radius 3 is 2.71 bits per heavy atom. The summed E-state index contributed by atoms with van der Waals surface area (Å²) in [5.74, 6) is -0.464. The topological polar surface area (TPSA) is 50.4 Å². The second-order valence-electron chi connectivity index (χ2n) is 4.61. The molecule has 2 rings (SSSR count). The van der Waals surface area contributed by atoms with Crippen molar-refractivity contribution in [2.75, 3.05) is 11.9 Å². The lowest BCUT2D eigenvalue weighted by Gasteiger charge is -2.11. The van der Waals surface area contributed by atoms with Gasteiger partial charge in [0.05, 0.1) is 17.3 Å². The summed E-state index contributed by atoms with van der Waals surface area (Å²) >= 11 is 14.2. The number of thiocarbonyl (C=S) groups is 1. The van der Waals surface area contributed by atoms with E-state index in [2.05, 4.69) is 26.6 Å². The van der Waals surface area contributed by atoms with Gasteiger partial charge < -0.3 is 10.1 Å². The Balaban J connectivity index is 2.03. The van der Waals surface area contributed by atoms with Gasteiger partial charge in [-0.2, -0.15) is 0 Å². The molecule has 0 spiro atoms. The minimum absolute atomic E-state index is 0.0220. The lowest BCUT2D eigenvalue weighted by Crippen LogP contribution is -2.34.